The second-order valence-corrected chi connectivity index (χ2v) is 6.66. The van der Waals surface area contributed by atoms with Crippen LogP contribution < -0.4 is 0 Å². The van der Waals surface area contributed by atoms with Crippen LogP contribution in [0, 0.1) is 0 Å². The number of hydrogen-bond donors (Lipinski definition) is 0. The maximum atomic E-state index is 11.9. The third-order valence-electron chi connectivity index (χ3n) is 4.31. The summed E-state index contributed by atoms with van der Waals surface area (Å²) in [5.74, 6) is -0.180. The summed E-state index contributed by atoms with van der Waals surface area (Å²) in [6, 6.07) is 4.62. The molecule has 0 unspecified atom stereocenters. The number of rotatable bonds is 3. The van der Waals surface area contributed by atoms with Gasteiger partial charge < -0.3 is 4.74 Å². The lowest BCUT2D eigenvalue weighted by molar-refractivity contribution is -0.141. The van der Waals surface area contributed by atoms with Crippen LogP contribution >= 0.6 is 0 Å². The van der Waals surface area contributed by atoms with Crippen LogP contribution in [0.2, 0.25) is 0 Å². The number of carbonyl (C=O) groups is 1. The molecule has 21 heavy (non-hydrogen) atoms. The van der Waals surface area contributed by atoms with Crippen molar-refractivity contribution in [1.82, 2.24) is 0 Å². The van der Waals surface area contributed by atoms with Crippen molar-refractivity contribution in [2.75, 3.05) is 6.61 Å². The smallest absolute Gasteiger partial charge is 0.311 e. The van der Waals surface area contributed by atoms with Crippen molar-refractivity contribution in [1.29, 1.82) is 0 Å². The molecule has 0 aromatic heterocycles. The van der Waals surface area contributed by atoms with E-state index in [1.807, 2.05) is 6.92 Å². The maximum Gasteiger partial charge on any atom is 0.311 e. The van der Waals surface area contributed by atoms with Gasteiger partial charge in [-0.3, -0.25) is 9.79 Å². The summed E-state index contributed by atoms with van der Waals surface area (Å²) in [5, 5.41) is 0. The van der Waals surface area contributed by atoms with Crippen molar-refractivity contribution in [3.63, 3.8) is 0 Å². The summed E-state index contributed by atoms with van der Waals surface area (Å²) in [6.07, 6.45) is 4.81. The van der Waals surface area contributed by atoms with E-state index in [0.717, 1.165) is 18.6 Å². The monoisotopic (exact) mass is 285 g/mol. The Hall–Kier alpha value is -1.64. The zero-order valence-corrected chi connectivity index (χ0v) is 13.2. The van der Waals surface area contributed by atoms with Crippen molar-refractivity contribution in [3.8, 4) is 0 Å². The van der Waals surface area contributed by atoms with E-state index in [1.54, 1.807) is 0 Å². The van der Waals surface area contributed by atoms with Gasteiger partial charge in [0, 0.05) is 0 Å². The van der Waals surface area contributed by atoms with Gasteiger partial charge in [-0.15, -0.1) is 0 Å². The van der Waals surface area contributed by atoms with E-state index in [9.17, 15) is 4.79 Å². The summed E-state index contributed by atoms with van der Waals surface area (Å²) in [5.41, 5.74) is 6.20. The summed E-state index contributed by atoms with van der Waals surface area (Å²) in [7, 11) is 0. The molecule has 0 spiro atoms. The Bertz CT molecular complexity index is 614. The van der Waals surface area contributed by atoms with E-state index in [0.29, 0.717) is 6.61 Å². The van der Waals surface area contributed by atoms with Crippen LogP contribution in [0.25, 0.3) is 0 Å². The Labute approximate surface area is 126 Å². The third kappa shape index (κ3) is 2.87. The fourth-order valence-electron chi connectivity index (χ4n) is 3.50. The second-order valence-electron chi connectivity index (χ2n) is 6.66. The minimum atomic E-state index is -0.180. The first-order chi connectivity index (χ1) is 9.98. The molecule has 1 heterocycles. The average molecular weight is 285 g/mol. The topological polar surface area (TPSA) is 38.7 Å². The quantitative estimate of drug-likeness (QED) is 0.800. The SMILES string of the molecule is CCOC(=O)CC1=NC(C)(C)Cc2cc3c(cc21)CCC3. The van der Waals surface area contributed by atoms with Gasteiger partial charge in [-0.25, -0.2) is 0 Å². The highest BCUT2D eigenvalue weighted by Crippen LogP contribution is 2.33. The number of aliphatic imine (C=N–C) groups is 1. The number of esters is 1. The minimum Gasteiger partial charge on any atom is -0.466 e. The molecule has 1 aromatic rings. The van der Waals surface area contributed by atoms with Crippen LogP contribution in [-0.2, 0) is 28.8 Å². The Kier molecular flexibility index (Phi) is 3.60. The average Bonchev–Trinajstić information content (AvgIpc) is 2.82. The molecule has 0 amide bonds. The van der Waals surface area contributed by atoms with Gasteiger partial charge >= 0.3 is 5.97 Å². The van der Waals surface area contributed by atoms with E-state index in [2.05, 4.69) is 26.0 Å². The molecule has 1 aliphatic carbocycles. The largest absolute Gasteiger partial charge is 0.466 e. The van der Waals surface area contributed by atoms with Crippen molar-refractivity contribution in [2.45, 2.75) is 58.4 Å². The molecule has 1 aromatic carbocycles. The van der Waals surface area contributed by atoms with Crippen LogP contribution in [0.4, 0.5) is 0 Å². The fraction of sp³-hybridized carbons (Fsp3) is 0.556. The normalized spacial score (nSPS) is 18.7. The van der Waals surface area contributed by atoms with E-state index >= 15 is 0 Å². The minimum absolute atomic E-state index is 0.137. The van der Waals surface area contributed by atoms with Crippen LogP contribution in [0.5, 0.6) is 0 Å². The molecule has 0 fully saturated rings. The summed E-state index contributed by atoms with van der Waals surface area (Å²) in [4.78, 5) is 16.7. The molecule has 0 N–H and O–H groups in total. The molecule has 3 rings (SSSR count). The number of aryl methyl sites for hydroxylation is 2. The molecular formula is C18H23NO2. The van der Waals surface area contributed by atoms with Gasteiger partial charge in [-0.2, -0.15) is 0 Å². The van der Waals surface area contributed by atoms with Gasteiger partial charge in [0.1, 0.15) is 0 Å². The third-order valence-corrected chi connectivity index (χ3v) is 4.31. The zero-order valence-electron chi connectivity index (χ0n) is 13.2. The highest BCUT2D eigenvalue weighted by atomic mass is 16.5. The molecule has 0 atom stereocenters. The predicted molar refractivity (Wildman–Crippen MR) is 84.0 cm³/mol. The zero-order chi connectivity index (χ0) is 15.0. The second kappa shape index (κ2) is 5.28. The molecule has 0 saturated heterocycles. The first-order valence-electron chi connectivity index (χ1n) is 7.88. The summed E-state index contributed by atoms with van der Waals surface area (Å²) >= 11 is 0. The molecule has 0 radical (unpaired) electrons. The number of carbonyl (C=O) groups excluding carboxylic acids is 1. The first-order valence-corrected chi connectivity index (χ1v) is 7.88. The number of ether oxygens (including phenoxy) is 1. The molecule has 1 aliphatic heterocycles. The number of fused-ring (bicyclic) bond motifs is 2. The fourth-order valence-corrected chi connectivity index (χ4v) is 3.50. The van der Waals surface area contributed by atoms with Crippen LogP contribution in [0.1, 0.15) is 55.9 Å². The Morgan fingerprint density at radius 3 is 2.67 bits per heavy atom. The Morgan fingerprint density at radius 1 is 1.24 bits per heavy atom. The lowest BCUT2D eigenvalue weighted by Crippen LogP contribution is -2.30. The van der Waals surface area contributed by atoms with Gasteiger partial charge in [-0.05, 0) is 74.8 Å². The van der Waals surface area contributed by atoms with Crippen LogP contribution in [-0.4, -0.2) is 23.8 Å². The number of nitrogens with zero attached hydrogens (tertiary/aromatic N) is 1. The van der Waals surface area contributed by atoms with E-state index in [1.165, 1.54) is 35.1 Å². The first kappa shape index (κ1) is 14.3. The Morgan fingerprint density at radius 2 is 1.95 bits per heavy atom. The van der Waals surface area contributed by atoms with Gasteiger partial charge in [0.25, 0.3) is 0 Å². The van der Waals surface area contributed by atoms with Crippen molar-refractivity contribution < 1.29 is 9.53 Å². The van der Waals surface area contributed by atoms with Crippen molar-refractivity contribution in [2.24, 2.45) is 4.99 Å². The Balaban J connectivity index is 1.99. The van der Waals surface area contributed by atoms with Crippen molar-refractivity contribution in [3.05, 3.63) is 34.4 Å². The number of hydrogen-bond acceptors (Lipinski definition) is 3. The highest BCUT2D eigenvalue weighted by molar-refractivity contribution is 6.11. The van der Waals surface area contributed by atoms with E-state index in [4.69, 9.17) is 9.73 Å². The van der Waals surface area contributed by atoms with Crippen molar-refractivity contribution >= 4 is 11.7 Å². The number of benzene rings is 1. The van der Waals surface area contributed by atoms with Gasteiger partial charge in [0.15, 0.2) is 0 Å². The molecule has 3 nitrogen and oxygen atoms in total. The predicted octanol–water partition coefficient (Wildman–Crippen LogP) is 3.25. The lowest BCUT2D eigenvalue weighted by Gasteiger charge is -2.29. The van der Waals surface area contributed by atoms with E-state index < -0.39 is 0 Å². The summed E-state index contributed by atoms with van der Waals surface area (Å²) < 4.78 is 5.10. The lowest BCUT2D eigenvalue weighted by atomic mass is 9.84. The summed E-state index contributed by atoms with van der Waals surface area (Å²) in [6.45, 7) is 6.53. The molecule has 0 saturated carbocycles. The van der Waals surface area contributed by atoms with Crippen LogP contribution in [0.3, 0.4) is 0 Å². The molecule has 112 valence electrons. The molecule has 0 bridgehead atoms. The van der Waals surface area contributed by atoms with Gasteiger partial charge in [0.05, 0.1) is 24.3 Å². The molecule has 3 heteroatoms. The standard InChI is InChI=1S/C18H23NO2/c1-4-21-17(20)10-16-15-9-13-7-5-6-12(13)8-14(15)11-18(2,3)19-16/h8-9H,4-7,10-11H2,1-3H3. The maximum absolute atomic E-state index is 11.9. The molecule has 2 aliphatic rings. The van der Waals surface area contributed by atoms with Gasteiger partial charge in [-0.1, -0.05) is 6.07 Å². The van der Waals surface area contributed by atoms with Gasteiger partial charge in [0.2, 0.25) is 0 Å². The molecular weight excluding hydrogens is 262 g/mol. The highest BCUT2D eigenvalue weighted by Gasteiger charge is 2.29. The van der Waals surface area contributed by atoms with E-state index in [-0.39, 0.29) is 17.9 Å². The van der Waals surface area contributed by atoms with Crippen LogP contribution in [0.15, 0.2) is 17.1 Å².